The van der Waals surface area contributed by atoms with E-state index in [0.717, 1.165) is 63.5 Å². The first-order valence-corrected chi connectivity index (χ1v) is 13.2. The monoisotopic (exact) mass is 491 g/mol. The number of piperazine rings is 2. The van der Waals surface area contributed by atoms with Crippen LogP contribution in [-0.4, -0.2) is 105 Å². The Morgan fingerprint density at radius 1 is 0.861 bits per heavy atom. The summed E-state index contributed by atoms with van der Waals surface area (Å²) >= 11 is 0. The molecule has 2 fully saturated rings. The molecule has 0 saturated carbocycles. The Morgan fingerprint density at radius 3 is 2.00 bits per heavy atom. The molecule has 2 heterocycles. The average Bonchev–Trinajstić information content (AvgIpc) is 2.92. The van der Waals surface area contributed by atoms with E-state index in [-0.39, 0.29) is 11.7 Å². The highest BCUT2D eigenvalue weighted by Crippen LogP contribution is 2.29. The number of nitrogens with one attached hydrogen (secondary N) is 1. The van der Waals surface area contributed by atoms with E-state index >= 15 is 0 Å². The normalized spacial score (nSPS) is 18.8. The topological polar surface area (TPSA) is 59.1 Å². The highest BCUT2D eigenvalue weighted by molar-refractivity contribution is 6.03. The first-order valence-electron chi connectivity index (χ1n) is 13.2. The molecule has 2 aliphatic rings. The Morgan fingerprint density at radius 2 is 1.44 bits per heavy atom. The number of amides is 1. The molecule has 1 atom stereocenters. The fraction of sp³-hybridized carbons (Fsp3) is 0.517. The van der Waals surface area contributed by atoms with Crippen molar-refractivity contribution >= 4 is 17.4 Å². The molecular formula is C29H41N5O2. The first-order chi connectivity index (χ1) is 17.3. The summed E-state index contributed by atoms with van der Waals surface area (Å²) in [6.45, 7) is 9.36. The third kappa shape index (κ3) is 5.64. The van der Waals surface area contributed by atoms with Crippen LogP contribution in [0.2, 0.25) is 0 Å². The average molecular weight is 492 g/mol. The van der Waals surface area contributed by atoms with Crippen molar-refractivity contribution in [1.29, 1.82) is 0 Å². The molecule has 194 valence electrons. The van der Waals surface area contributed by atoms with Crippen molar-refractivity contribution in [2.45, 2.75) is 25.3 Å². The van der Waals surface area contributed by atoms with Gasteiger partial charge < -0.3 is 20.0 Å². The molecule has 1 unspecified atom stereocenters. The Hall–Kier alpha value is -2.74. The van der Waals surface area contributed by atoms with Gasteiger partial charge in [0.05, 0.1) is 5.54 Å². The second-order valence-corrected chi connectivity index (χ2v) is 10.4. The zero-order valence-electron chi connectivity index (χ0n) is 22.3. The molecule has 0 bridgehead atoms. The molecule has 0 spiro atoms. The summed E-state index contributed by atoms with van der Waals surface area (Å²) < 4.78 is 0. The smallest absolute Gasteiger partial charge is 0.253 e. The molecule has 1 N–H and O–H groups in total. The van der Waals surface area contributed by atoms with Crippen LogP contribution in [0.1, 0.15) is 39.6 Å². The van der Waals surface area contributed by atoms with E-state index in [4.69, 9.17) is 0 Å². The molecule has 4 rings (SSSR count). The lowest BCUT2D eigenvalue weighted by molar-refractivity contribution is 0.0656. The highest BCUT2D eigenvalue weighted by Gasteiger charge is 2.39. The van der Waals surface area contributed by atoms with Crippen molar-refractivity contribution < 1.29 is 9.59 Å². The van der Waals surface area contributed by atoms with Crippen molar-refractivity contribution in [2.24, 2.45) is 0 Å². The minimum absolute atomic E-state index is 0.0877. The van der Waals surface area contributed by atoms with Crippen molar-refractivity contribution in [3.8, 4) is 0 Å². The summed E-state index contributed by atoms with van der Waals surface area (Å²) in [6.07, 6.45) is 1.29. The van der Waals surface area contributed by atoms with E-state index < -0.39 is 5.54 Å². The zero-order valence-corrected chi connectivity index (χ0v) is 22.3. The quantitative estimate of drug-likeness (QED) is 0.573. The molecule has 2 aromatic carbocycles. The summed E-state index contributed by atoms with van der Waals surface area (Å²) in [6, 6.07) is 16.0. The van der Waals surface area contributed by atoms with Gasteiger partial charge in [-0.2, -0.15) is 0 Å². The Kier molecular flexibility index (Phi) is 8.44. The fourth-order valence-electron chi connectivity index (χ4n) is 5.35. The molecule has 7 nitrogen and oxygen atoms in total. The van der Waals surface area contributed by atoms with Gasteiger partial charge in [-0.3, -0.25) is 14.5 Å². The highest BCUT2D eigenvalue weighted by atomic mass is 16.2. The SMILES string of the molecule is CCC(Cc1ccc(C(=O)N2CCN(C)CC2)cc1)(C(=O)c1ccc(N2CCNCC2)cc1)N(C)C. The standard InChI is InChI=1S/C29H41N5O2/c1-5-29(31(2)3,27(35)24-10-12-26(13-11-24)33-16-14-30-15-17-33)22-23-6-8-25(9-7-23)28(36)34-20-18-32(4)19-21-34/h6-13,30H,5,14-22H2,1-4H3. The lowest BCUT2D eigenvalue weighted by atomic mass is 9.80. The Bertz CT molecular complexity index is 1020. The van der Waals surface area contributed by atoms with Crippen LogP contribution in [0.25, 0.3) is 0 Å². The second kappa shape index (κ2) is 11.5. The number of hydrogen-bond acceptors (Lipinski definition) is 6. The minimum atomic E-state index is -0.653. The van der Waals surface area contributed by atoms with Crippen molar-refractivity contribution in [3.05, 3.63) is 65.2 Å². The number of nitrogens with zero attached hydrogens (tertiary/aromatic N) is 4. The van der Waals surface area contributed by atoms with Gasteiger partial charge >= 0.3 is 0 Å². The molecule has 7 heteroatoms. The van der Waals surface area contributed by atoms with Crippen LogP contribution in [0.4, 0.5) is 5.69 Å². The van der Waals surface area contributed by atoms with Gasteiger partial charge in [-0.15, -0.1) is 0 Å². The van der Waals surface area contributed by atoms with Gasteiger partial charge in [0.15, 0.2) is 5.78 Å². The molecule has 0 aliphatic carbocycles. The predicted molar refractivity (Wildman–Crippen MR) is 146 cm³/mol. The number of Topliss-reactive ketones (excluding diaryl/α,β-unsaturated/α-hetero) is 1. The summed E-state index contributed by atoms with van der Waals surface area (Å²) in [4.78, 5) is 35.4. The van der Waals surface area contributed by atoms with E-state index in [9.17, 15) is 9.59 Å². The summed E-state index contributed by atoms with van der Waals surface area (Å²) in [5.74, 6) is 0.226. The number of rotatable bonds is 8. The maximum Gasteiger partial charge on any atom is 0.253 e. The van der Waals surface area contributed by atoms with E-state index in [1.807, 2.05) is 55.4 Å². The minimum Gasteiger partial charge on any atom is -0.369 e. The number of carbonyl (C=O) groups excluding carboxylic acids is 2. The molecule has 0 aromatic heterocycles. The van der Waals surface area contributed by atoms with Crippen LogP contribution < -0.4 is 10.2 Å². The number of likely N-dealkylation sites (N-methyl/N-ethyl adjacent to an activating group) is 2. The van der Waals surface area contributed by atoms with E-state index in [1.165, 1.54) is 5.69 Å². The van der Waals surface area contributed by atoms with Gasteiger partial charge in [0, 0.05) is 69.2 Å². The van der Waals surface area contributed by atoms with E-state index in [0.29, 0.717) is 18.4 Å². The number of ketones is 1. The number of benzene rings is 2. The summed E-state index contributed by atoms with van der Waals surface area (Å²) in [5.41, 5.74) is 3.03. The Labute approximate surface area is 216 Å². The third-order valence-electron chi connectivity index (χ3n) is 7.96. The summed E-state index contributed by atoms with van der Waals surface area (Å²) in [7, 11) is 6.06. The van der Waals surface area contributed by atoms with Gasteiger partial charge in [-0.05, 0) is 75.9 Å². The van der Waals surface area contributed by atoms with Gasteiger partial charge in [-0.1, -0.05) is 19.1 Å². The number of hydrogen-bond donors (Lipinski definition) is 1. The molecule has 36 heavy (non-hydrogen) atoms. The molecular weight excluding hydrogens is 450 g/mol. The fourth-order valence-corrected chi connectivity index (χ4v) is 5.35. The first kappa shape index (κ1) is 26.3. The van der Waals surface area contributed by atoms with Gasteiger partial charge in [-0.25, -0.2) is 0 Å². The van der Waals surface area contributed by atoms with Crippen LogP contribution in [0.15, 0.2) is 48.5 Å². The van der Waals surface area contributed by atoms with Crippen LogP contribution in [0.3, 0.4) is 0 Å². The van der Waals surface area contributed by atoms with Gasteiger partial charge in [0.25, 0.3) is 5.91 Å². The molecule has 1 amide bonds. The van der Waals surface area contributed by atoms with Crippen LogP contribution in [0, 0.1) is 0 Å². The maximum absolute atomic E-state index is 13.9. The zero-order chi connectivity index (χ0) is 25.7. The number of anilines is 1. The van der Waals surface area contributed by atoms with Crippen molar-refractivity contribution in [3.63, 3.8) is 0 Å². The van der Waals surface area contributed by atoms with Gasteiger partial charge in [0.1, 0.15) is 0 Å². The second-order valence-electron chi connectivity index (χ2n) is 10.4. The van der Waals surface area contributed by atoms with Crippen molar-refractivity contribution in [2.75, 3.05) is 78.4 Å². The summed E-state index contributed by atoms with van der Waals surface area (Å²) in [5, 5.41) is 3.38. The largest absolute Gasteiger partial charge is 0.369 e. The molecule has 2 aromatic rings. The number of carbonyl (C=O) groups is 2. The van der Waals surface area contributed by atoms with Crippen LogP contribution >= 0.6 is 0 Å². The third-order valence-corrected chi connectivity index (χ3v) is 7.96. The lowest BCUT2D eigenvalue weighted by Crippen LogP contribution is -2.52. The maximum atomic E-state index is 13.9. The van der Waals surface area contributed by atoms with E-state index in [1.54, 1.807) is 0 Å². The van der Waals surface area contributed by atoms with Gasteiger partial charge in [0.2, 0.25) is 0 Å². The molecule has 2 saturated heterocycles. The van der Waals surface area contributed by atoms with Crippen molar-refractivity contribution in [1.82, 2.24) is 20.0 Å². The Balaban J connectivity index is 1.49. The molecule has 0 radical (unpaired) electrons. The van der Waals surface area contributed by atoms with Crippen LogP contribution in [-0.2, 0) is 6.42 Å². The van der Waals surface area contributed by atoms with E-state index in [2.05, 4.69) is 46.1 Å². The lowest BCUT2D eigenvalue weighted by Gasteiger charge is -2.38. The predicted octanol–water partition coefficient (Wildman–Crippen LogP) is 2.62. The van der Waals surface area contributed by atoms with Crippen LogP contribution in [0.5, 0.6) is 0 Å². The molecule has 2 aliphatic heterocycles.